The SMILES string of the molecule is C=CCc1cc[nH]c(=S)c1. The molecule has 1 nitrogen and oxygen atoms in total. The lowest BCUT2D eigenvalue weighted by Gasteiger charge is -1.92. The minimum Gasteiger partial charge on any atom is -0.353 e. The smallest absolute Gasteiger partial charge is 0.103 e. The molecule has 0 aromatic carbocycles. The zero-order valence-corrected chi connectivity index (χ0v) is 6.45. The highest BCUT2D eigenvalue weighted by Crippen LogP contribution is 1.98. The molecule has 1 aromatic heterocycles. The number of pyridine rings is 1. The third-order valence-corrected chi connectivity index (χ3v) is 1.46. The molecule has 0 saturated heterocycles. The minimum atomic E-state index is 0.777. The highest BCUT2D eigenvalue weighted by Gasteiger charge is 1.85. The maximum Gasteiger partial charge on any atom is 0.103 e. The summed E-state index contributed by atoms with van der Waals surface area (Å²) in [5, 5.41) is 0. The number of nitrogens with one attached hydrogen (secondary N) is 1. The Morgan fingerprint density at radius 3 is 3.10 bits per heavy atom. The second-order valence-corrected chi connectivity index (χ2v) is 2.49. The predicted molar refractivity (Wildman–Crippen MR) is 45.5 cm³/mol. The van der Waals surface area contributed by atoms with Crippen LogP contribution < -0.4 is 0 Å². The number of hydrogen-bond donors (Lipinski definition) is 1. The van der Waals surface area contributed by atoms with E-state index in [1.54, 1.807) is 0 Å². The highest BCUT2D eigenvalue weighted by molar-refractivity contribution is 7.71. The van der Waals surface area contributed by atoms with E-state index in [2.05, 4.69) is 11.6 Å². The van der Waals surface area contributed by atoms with Gasteiger partial charge in [0.2, 0.25) is 0 Å². The van der Waals surface area contributed by atoms with E-state index in [0.29, 0.717) is 0 Å². The lowest BCUT2D eigenvalue weighted by atomic mass is 10.2. The average Bonchev–Trinajstić information content (AvgIpc) is 1.88. The first kappa shape index (κ1) is 7.22. The van der Waals surface area contributed by atoms with Gasteiger partial charge in [-0.3, -0.25) is 0 Å². The second kappa shape index (κ2) is 3.32. The molecular formula is C8H9NS. The quantitative estimate of drug-likeness (QED) is 0.507. The van der Waals surface area contributed by atoms with Crippen molar-refractivity contribution >= 4 is 12.2 Å². The Hall–Kier alpha value is -0.890. The zero-order chi connectivity index (χ0) is 7.40. The van der Waals surface area contributed by atoms with Crippen LogP contribution in [0.1, 0.15) is 5.56 Å². The van der Waals surface area contributed by atoms with Gasteiger partial charge in [0.25, 0.3) is 0 Å². The molecule has 0 aliphatic carbocycles. The van der Waals surface area contributed by atoms with E-state index in [1.807, 2.05) is 24.4 Å². The van der Waals surface area contributed by atoms with Crippen LogP contribution >= 0.6 is 12.2 Å². The van der Waals surface area contributed by atoms with Gasteiger partial charge < -0.3 is 4.98 Å². The lowest BCUT2D eigenvalue weighted by Crippen LogP contribution is -1.80. The highest BCUT2D eigenvalue weighted by atomic mass is 32.1. The standard InChI is InChI=1S/C8H9NS/c1-2-3-7-4-5-9-8(10)6-7/h2,4-6H,1,3H2,(H,9,10). The fourth-order valence-electron chi connectivity index (χ4n) is 0.783. The molecule has 0 fully saturated rings. The summed E-state index contributed by atoms with van der Waals surface area (Å²) in [7, 11) is 0. The molecule has 0 aliphatic heterocycles. The van der Waals surface area contributed by atoms with E-state index in [0.717, 1.165) is 11.1 Å². The first-order valence-electron chi connectivity index (χ1n) is 3.11. The fraction of sp³-hybridized carbons (Fsp3) is 0.125. The molecule has 0 unspecified atom stereocenters. The van der Waals surface area contributed by atoms with Crippen molar-refractivity contribution < 1.29 is 0 Å². The predicted octanol–water partition coefficient (Wildman–Crippen LogP) is 2.47. The van der Waals surface area contributed by atoms with Crippen molar-refractivity contribution in [3.8, 4) is 0 Å². The molecule has 1 aromatic rings. The van der Waals surface area contributed by atoms with E-state index in [-0.39, 0.29) is 0 Å². The molecule has 0 bridgehead atoms. The fourth-order valence-corrected chi connectivity index (χ4v) is 1.00. The van der Waals surface area contributed by atoms with Crippen LogP contribution in [0.2, 0.25) is 0 Å². The van der Waals surface area contributed by atoms with Crippen molar-refractivity contribution in [3.63, 3.8) is 0 Å². The van der Waals surface area contributed by atoms with Crippen molar-refractivity contribution in [2.24, 2.45) is 0 Å². The molecule has 0 atom stereocenters. The summed E-state index contributed by atoms with van der Waals surface area (Å²) in [6, 6.07) is 3.94. The number of aromatic amines is 1. The normalized spacial score (nSPS) is 9.20. The van der Waals surface area contributed by atoms with Crippen molar-refractivity contribution in [1.82, 2.24) is 4.98 Å². The molecular weight excluding hydrogens is 142 g/mol. The summed E-state index contributed by atoms with van der Waals surface area (Å²) in [4.78, 5) is 2.91. The number of aromatic nitrogens is 1. The van der Waals surface area contributed by atoms with Gasteiger partial charge in [-0.1, -0.05) is 18.3 Å². The van der Waals surface area contributed by atoms with Gasteiger partial charge in [-0.25, -0.2) is 0 Å². The Labute approximate surface area is 65.4 Å². The molecule has 1 N–H and O–H groups in total. The van der Waals surface area contributed by atoms with Gasteiger partial charge in [0, 0.05) is 6.20 Å². The van der Waals surface area contributed by atoms with E-state index in [4.69, 9.17) is 12.2 Å². The summed E-state index contributed by atoms with van der Waals surface area (Å²) >= 11 is 4.92. The Balaban J connectivity index is 2.95. The lowest BCUT2D eigenvalue weighted by molar-refractivity contribution is 1.20. The van der Waals surface area contributed by atoms with Gasteiger partial charge in [-0.05, 0) is 24.1 Å². The van der Waals surface area contributed by atoms with Crippen LogP contribution in [0.25, 0.3) is 0 Å². The first-order valence-corrected chi connectivity index (χ1v) is 3.52. The molecule has 0 spiro atoms. The van der Waals surface area contributed by atoms with Crippen LogP contribution in [0.3, 0.4) is 0 Å². The zero-order valence-electron chi connectivity index (χ0n) is 5.63. The minimum absolute atomic E-state index is 0.777. The van der Waals surface area contributed by atoms with Gasteiger partial charge in [-0.15, -0.1) is 6.58 Å². The number of allylic oxidation sites excluding steroid dienone is 1. The maximum absolute atomic E-state index is 4.92. The number of H-pyrrole nitrogens is 1. The molecule has 0 amide bonds. The topological polar surface area (TPSA) is 15.8 Å². The Morgan fingerprint density at radius 2 is 2.50 bits per heavy atom. The van der Waals surface area contributed by atoms with Gasteiger partial charge in [0.05, 0.1) is 0 Å². The van der Waals surface area contributed by atoms with Crippen LogP contribution in [0.15, 0.2) is 31.0 Å². The van der Waals surface area contributed by atoms with Gasteiger partial charge >= 0.3 is 0 Å². The van der Waals surface area contributed by atoms with Crippen molar-refractivity contribution in [2.45, 2.75) is 6.42 Å². The van der Waals surface area contributed by atoms with Gasteiger partial charge in [0.1, 0.15) is 4.64 Å². The molecule has 1 heterocycles. The third-order valence-electron chi connectivity index (χ3n) is 1.22. The molecule has 2 heteroatoms. The molecule has 0 saturated carbocycles. The van der Waals surface area contributed by atoms with Crippen LogP contribution in [0, 0.1) is 4.64 Å². The summed E-state index contributed by atoms with van der Waals surface area (Å²) in [6.45, 7) is 3.64. The Bertz CT molecular complexity index is 275. The van der Waals surface area contributed by atoms with Crippen LogP contribution in [-0.4, -0.2) is 4.98 Å². The maximum atomic E-state index is 4.92. The van der Waals surface area contributed by atoms with Crippen molar-refractivity contribution in [3.05, 3.63) is 41.2 Å². The van der Waals surface area contributed by atoms with E-state index in [1.165, 1.54) is 5.56 Å². The Morgan fingerprint density at radius 1 is 1.70 bits per heavy atom. The molecule has 52 valence electrons. The summed E-state index contributed by atoms with van der Waals surface area (Å²) in [5.74, 6) is 0. The van der Waals surface area contributed by atoms with Crippen molar-refractivity contribution in [1.29, 1.82) is 0 Å². The van der Waals surface area contributed by atoms with Crippen LogP contribution in [0.4, 0.5) is 0 Å². The van der Waals surface area contributed by atoms with E-state index < -0.39 is 0 Å². The summed E-state index contributed by atoms with van der Waals surface area (Å²) in [6.07, 6.45) is 4.60. The van der Waals surface area contributed by atoms with Crippen LogP contribution in [0.5, 0.6) is 0 Å². The third kappa shape index (κ3) is 1.81. The van der Waals surface area contributed by atoms with E-state index >= 15 is 0 Å². The second-order valence-electron chi connectivity index (χ2n) is 2.05. The first-order chi connectivity index (χ1) is 4.83. The van der Waals surface area contributed by atoms with E-state index in [9.17, 15) is 0 Å². The van der Waals surface area contributed by atoms with Crippen molar-refractivity contribution in [2.75, 3.05) is 0 Å². The molecule has 1 rings (SSSR count). The molecule has 10 heavy (non-hydrogen) atoms. The van der Waals surface area contributed by atoms with Gasteiger partial charge in [-0.2, -0.15) is 0 Å². The number of rotatable bonds is 2. The summed E-state index contributed by atoms with van der Waals surface area (Å²) < 4.78 is 0.777. The monoisotopic (exact) mass is 151 g/mol. The average molecular weight is 151 g/mol. The largest absolute Gasteiger partial charge is 0.353 e. The van der Waals surface area contributed by atoms with Crippen LogP contribution in [-0.2, 0) is 6.42 Å². The number of hydrogen-bond acceptors (Lipinski definition) is 1. The molecule has 0 radical (unpaired) electrons. The summed E-state index contributed by atoms with van der Waals surface area (Å²) in [5.41, 5.74) is 1.21. The Kier molecular flexibility index (Phi) is 2.40. The molecule has 0 aliphatic rings. The van der Waals surface area contributed by atoms with Gasteiger partial charge in [0.15, 0.2) is 0 Å².